The second kappa shape index (κ2) is 4.38. The Morgan fingerprint density at radius 1 is 1.11 bits per heavy atom. The summed E-state index contributed by atoms with van der Waals surface area (Å²) in [5.74, 6) is 0.227. The van der Waals surface area contributed by atoms with Crippen LogP contribution in [0.25, 0.3) is 10.2 Å². The van der Waals surface area contributed by atoms with Crippen molar-refractivity contribution in [3.05, 3.63) is 65.5 Å². The molecule has 0 amide bonds. The van der Waals surface area contributed by atoms with E-state index < -0.39 is 0 Å². The molecule has 0 fully saturated rings. The quantitative estimate of drug-likeness (QED) is 0.757. The zero-order chi connectivity index (χ0) is 12.5. The minimum absolute atomic E-state index is 0.318. The number of aromatic nitrogens is 1. The zero-order valence-corrected chi connectivity index (χ0v) is 10.8. The van der Waals surface area contributed by atoms with Crippen molar-refractivity contribution in [3.8, 4) is 0 Å². The molecule has 2 heterocycles. The number of pyridine rings is 1. The van der Waals surface area contributed by atoms with E-state index in [0.29, 0.717) is 11.3 Å². The molecule has 1 aromatic carbocycles. The van der Waals surface area contributed by atoms with Crippen molar-refractivity contribution >= 4 is 32.1 Å². The van der Waals surface area contributed by atoms with Gasteiger partial charge in [-0.25, -0.2) is 4.79 Å². The molecule has 0 spiro atoms. The molecule has 0 N–H and O–H groups in total. The van der Waals surface area contributed by atoms with Crippen LogP contribution >= 0.6 is 15.9 Å². The van der Waals surface area contributed by atoms with Crippen LogP contribution in [-0.2, 0) is 4.74 Å². The maximum atomic E-state index is 11.7. The molecular formula is C14H8BrNO2. The van der Waals surface area contributed by atoms with E-state index in [1.807, 2.05) is 30.3 Å². The van der Waals surface area contributed by atoms with Gasteiger partial charge >= 0.3 is 5.97 Å². The van der Waals surface area contributed by atoms with Gasteiger partial charge in [-0.1, -0.05) is 24.3 Å². The van der Waals surface area contributed by atoms with Gasteiger partial charge in [-0.2, -0.15) is 0 Å². The summed E-state index contributed by atoms with van der Waals surface area (Å²) in [5, 5.41) is 0. The maximum Gasteiger partial charge on any atom is 0.344 e. The number of hydrogen-bond donors (Lipinski definition) is 0. The van der Waals surface area contributed by atoms with Crippen LogP contribution in [0.5, 0.6) is 0 Å². The summed E-state index contributed by atoms with van der Waals surface area (Å²) in [6.07, 6.45) is 3.41. The van der Waals surface area contributed by atoms with Crippen LogP contribution in [0.4, 0.5) is 0 Å². The first-order valence-electron chi connectivity index (χ1n) is 5.39. The molecule has 18 heavy (non-hydrogen) atoms. The molecule has 0 atom stereocenters. The molecule has 0 radical (unpaired) electrons. The van der Waals surface area contributed by atoms with E-state index >= 15 is 0 Å². The highest BCUT2D eigenvalue weighted by atomic mass is 79.9. The van der Waals surface area contributed by atoms with Crippen molar-refractivity contribution in [2.75, 3.05) is 0 Å². The van der Waals surface area contributed by atoms with Gasteiger partial charge in [0.05, 0.1) is 10.0 Å². The minimum atomic E-state index is -0.318. The van der Waals surface area contributed by atoms with E-state index in [-0.39, 0.29) is 5.97 Å². The maximum absolute atomic E-state index is 11.7. The molecule has 0 unspecified atom stereocenters. The predicted octanol–water partition coefficient (Wildman–Crippen LogP) is 3.47. The Kier molecular flexibility index (Phi) is 2.72. The van der Waals surface area contributed by atoms with E-state index in [2.05, 4.69) is 20.9 Å². The Morgan fingerprint density at radius 3 is 2.61 bits per heavy atom. The molecule has 0 saturated heterocycles. The lowest BCUT2D eigenvalue weighted by molar-refractivity contribution is 0.0717. The van der Waals surface area contributed by atoms with Crippen LogP contribution in [0.3, 0.4) is 0 Å². The number of rotatable bonds is 1. The lowest BCUT2D eigenvalue weighted by atomic mass is 10.1. The lowest BCUT2D eigenvalue weighted by Crippen LogP contribution is -1.92. The number of benzene rings is 1. The van der Waals surface area contributed by atoms with E-state index in [4.69, 9.17) is 4.74 Å². The molecule has 0 saturated carbocycles. The highest BCUT2D eigenvalue weighted by molar-refractivity contribution is 9.15. The van der Waals surface area contributed by atoms with Crippen LogP contribution in [0.15, 0.2) is 48.8 Å². The van der Waals surface area contributed by atoms with Gasteiger partial charge < -0.3 is 4.74 Å². The second-order valence-corrected chi connectivity index (χ2v) is 4.61. The molecule has 2 aromatic rings. The minimum Gasteiger partial charge on any atom is -0.421 e. The largest absolute Gasteiger partial charge is 0.421 e. The first kappa shape index (κ1) is 11.2. The first-order chi connectivity index (χ1) is 8.77. The standard InChI is InChI=1S/C14H8BrNO2/c15-12(9-4-3-7-16-8-9)13-10-5-1-2-6-11(10)14(17)18-13/h1-8H/b13-12+. The van der Waals surface area contributed by atoms with E-state index in [9.17, 15) is 4.79 Å². The summed E-state index contributed by atoms with van der Waals surface area (Å²) in [6, 6.07) is 11.1. The average molecular weight is 302 g/mol. The fourth-order valence-corrected chi connectivity index (χ4v) is 2.38. The molecular weight excluding hydrogens is 294 g/mol. The summed E-state index contributed by atoms with van der Waals surface area (Å²) < 4.78 is 6.04. The predicted molar refractivity (Wildman–Crippen MR) is 71.8 cm³/mol. The molecule has 1 aliphatic heterocycles. The zero-order valence-electron chi connectivity index (χ0n) is 9.26. The third-order valence-electron chi connectivity index (χ3n) is 2.70. The number of cyclic esters (lactones) is 1. The van der Waals surface area contributed by atoms with E-state index in [1.165, 1.54) is 0 Å². The van der Waals surface area contributed by atoms with Crippen LogP contribution in [-0.4, -0.2) is 11.0 Å². The van der Waals surface area contributed by atoms with Crippen molar-refractivity contribution in [1.29, 1.82) is 0 Å². The molecule has 0 aliphatic carbocycles. The number of fused-ring (bicyclic) bond motifs is 1. The van der Waals surface area contributed by atoms with Crippen LogP contribution in [0, 0.1) is 0 Å². The topological polar surface area (TPSA) is 39.2 Å². The van der Waals surface area contributed by atoms with E-state index in [0.717, 1.165) is 15.6 Å². The van der Waals surface area contributed by atoms with Gasteiger partial charge in [-0.05, 0) is 28.1 Å². The lowest BCUT2D eigenvalue weighted by Gasteiger charge is -2.03. The molecule has 0 bridgehead atoms. The molecule has 3 nitrogen and oxygen atoms in total. The van der Waals surface area contributed by atoms with Gasteiger partial charge in [0.2, 0.25) is 0 Å². The summed E-state index contributed by atoms with van der Waals surface area (Å²) in [6.45, 7) is 0. The van der Waals surface area contributed by atoms with Crippen molar-refractivity contribution in [2.24, 2.45) is 0 Å². The van der Waals surface area contributed by atoms with E-state index in [1.54, 1.807) is 18.5 Å². The number of carbonyl (C=O) groups is 1. The fraction of sp³-hybridized carbons (Fsp3) is 0. The summed E-state index contributed by atoms with van der Waals surface area (Å²) in [7, 11) is 0. The van der Waals surface area contributed by atoms with Crippen molar-refractivity contribution < 1.29 is 9.53 Å². The summed E-state index contributed by atoms with van der Waals surface area (Å²) >= 11 is 3.47. The van der Waals surface area contributed by atoms with Crippen molar-refractivity contribution in [1.82, 2.24) is 4.98 Å². The Balaban J connectivity index is 2.17. The molecule has 1 aliphatic rings. The van der Waals surface area contributed by atoms with Crippen molar-refractivity contribution in [3.63, 3.8) is 0 Å². The molecule has 3 rings (SSSR count). The molecule has 88 valence electrons. The second-order valence-electron chi connectivity index (χ2n) is 3.82. The molecule has 1 aromatic heterocycles. The summed E-state index contributed by atoms with van der Waals surface area (Å²) in [4.78, 5) is 15.8. The summed E-state index contributed by atoms with van der Waals surface area (Å²) in [5.41, 5.74) is 2.27. The normalized spacial score (nSPS) is 16.2. The van der Waals surface area contributed by atoms with Crippen LogP contribution in [0.2, 0.25) is 0 Å². The van der Waals surface area contributed by atoms with Crippen LogP contribution < -0.4 is 0 Å². The number of nitrogens with zero attached hydrogens (tertiary/aromatic N) is 1. The van der Waals surface area contributed by atoms with Gasteiger partial charge in [0.1, 0.15) is 0 Å². The van der Waals surface area contributed by atoms with Gasteiger partial charge in [0, 0.05) is 23.5 Å². The molecule has 4 heteroatoms. The number of hydrogen-bond acceptors (Lipinski definition) is 3. The Labute approximate surface area is 112 Å². The number of ether oxygens (including phenoxy) is 1. The van der Waals surface area contributed by atoms with Gasteiger partial charge in [-0.15, -0.1) is 0 Å². The average Bonchev–Trinajstić information content (AvgIpc) is 2.77. The monoisotopic (exact) mass is 301 g/mol. The van der Waals surface area contributed by atoms with Crippen LogP contribution in [0.1, 0.15) is 21.5 Å². The smallest absolute Gasteiger partial charge is 0.344 e. The van der Waals surface area contributed by atoms with Gasteiger partial charge in [0.15, 0.2) is 5.76 Å². The Morgan fingerprint density at radius 2 is 1.89 bits per heavy atom. The number of esters is 1. The van der Waals surface area contributed by atoms with Gasteiger partial charge in [0.25, 0.3) is 0 Å². The highest BCUT2D eigenvalue weighted by Gasteiger charge is 2.28. The SMILES string of the molecule is O=C1O/C(=C(/Br)c2cccnc2)c2ccccc21. The van der Waals surface area contributed by atoms with Crippen molar-refractivity contribution in [2.45, 2.75) is 0 Å². The third-order valence-corrected chi connectivity index (χ3v) is 3.52. The Bertz CT molecular complexity index is 650. The Hall–Kier alpha value is -1.94. The third kappa shape index (κ3) is 1.75. The first-order valence-corrected chi connectivity index (χ1v) is 6.18. The highest BCUT2D eigenvalue weighted by Crippen LogP contribution is 2.38. The fourth-order valence-electron chi connectivity index (χ4n) is 1.85. The van der Waals surface area contributed by atoms with Gasteiger partial charge in [-0.3, -0.25) is 4.98 Å². The number of carbonyl (C=O) groups excluding carboxylic acids is 1. The number of halogens is 1.